The fraction of sp³-hybridized carbons (Fsp3) is 0.333. The predicted molar refractivity (Wildman–Crippen MR) is 85.9 cm³/mol. The summed E-state index contributed by atoms with van der Waals surface area (Å²) in [5, 5.41) is 16.1. The van der Waals surface area contributed by atoms with Crippen LogP contribution in [-0.4, -0.2) is 20.6 Å². The number of hydrogen-bond acceptors (Lipinski definition) is 4. The molecule has 0 bridgehead atoms. The second kappa shape index (κ2) is 6.60. The Labute approximate surface area is 149 Å². The third kappa shape index (κ3) is 3.79. The van der Waals surface area contributed by atoms with Gasteiger partial charge in [0.05, 0.1) is 15.6 Å². The van der Waals surface area contributed by atoms with Crippen LogP contribution >= 0.6 is 11.6 Å². The van der Waals surface area contributed by atoms with Crippen molar-refractivity contribution in [2.45, 2.75) is 31.5 Å². The highest BCUT2D eigenvalue weighted by atomic mass is 35.5. The van der Waals surface area contributed by atoms with E-state index in [2.05, 4.69) is 10.4 Å². The van der Waals surface area contributed by atoms with Crippen molar-refractivity contribution in [1.29, 1.82) is 0 Å². The standard InChI is InChI=1S/C15H12ClF3N4O3/c16-12-13(8-1-2-8)22(21-14(12)15(17,18)19)7-11(24)20-9-3-5-10(6-4-9)23(25)26/h3-6,8H,1-2,7H2,(H,20,24). The smallest absolute Gasteiger partial charge is 0.324 e. The summed E-state index contributed by atoms with van der Waals surface area (Å²) < 4.78 is 40.0. The van der Waals surface area contributed by atoms with E-state index in [4.69, 9.17) is 11.6 Å². The quantitative estimate of drug-likeness (QED) is 0.619. The van der Waals surface area contributed by atoms with Gasteiger partial charge in [0.1, 0.15) is 6.54 Å². The maximum Gasteiger partial charge on any atom is 0.436 e. The van der Waals surface area contributed by atoms with Crippen LogP contribution in [0.1, 0.15) is 30.1 Å². The van der Waals surface area contributed by atoms with E-state index in [1.54, 1.807) is 0 Å². The minimum atomic E-state index is -4.71. The first-order chi connectivity index (χ1) is 12.2. The van der Waals surface area contributed by atoms with Gasteiger partial charge in [-0.05, 0) is 25.0 Å². The second-order valence-corrected chi connectivity index (χ2v) is 6.21. The Morgan fingerprint density at radius 2 is 1.96 bits per heavy atom. The van der Waals surface area contributed by atoms with Gasteiger partial charge in [-0.1, -0.05) is 11.6 Å². The summed E-state index contributed by atoms with van der Waals surface area (Å²) in [4.78, 5) is 22.2. The lowest BCUT2D eigenvalue weighted by Gasteiger charge is -2.08. The fourth-order valence-electron chi connectivity index (χ4n) is 2.50. The molecular weight excluding hydrogens is 377 g/mol. The average molecular weight is 389 g/mol. The van der Waals surface area contributed by atoms with E-state index < -0.39 is 34.3 Å². The van der Waals surface area contributed by atoms with E-state index in [0.29, 0.717) is 12.8 Å². The van der Waals surface area contributed by atoms with Gasteiger partial charge in [0, 0.05) is 23.7 Å². The van der Waals surface area contributed by atoms with Gasteiger partial charge < -0.3 is 5.32 Å². The van der Waals surface area contributed by atoms with Crippen LogP contribution in [0.4, 0.5) is 24.5 Å². The monoisotopic (exact) mass is 388 g/mol. The molecule has 7 nitrogen and oxygen atoms in total. The first-order valence-electron chi connectivity index (χ1n) is 7.54. The zero-order valence-electron chi connectivity index (χ0n) is 13.1. The fourth-order valence-corrected chi connectivity index (χ4v) is 2.90. The molecule has 26 heavy (non-hydrogen) atoms. The number of benzene rings is 1. The molecule has 1 N–H and O–H groups in total. The third-order valence-corrected chi connectivity index (χ3v) is 4.19. The van der Waals surface area contributed by atoms with E-state index in [1.807, 2.05) is 0 Å². The topological polar surface area (TPSA) is 90.1 Å². The Hall–Kier alpha value is -2.62. The van der Waals surface area contributed by atoms with E-state index in [0.717, 1.165) is 4.68 Å². The number of aromatic nitrogens is 2. The first-order valence-corrected chi connectivity index (χ1v) is 7.92. The normalized spacial score (nSPS) is 14.3. The molecule has 0 saturated heterocycles. The van der Waals surface area contributed by atoms with Gasteiger partial charge in [-0.2, -0.15) is 18.3 Å². The molecule has 0 unspecified atom stereocenters. The number of hydrogen-bond donors (Lipinski definition) is 1. The molecule has 1 aromatic carbocycles. The molecule has 1 heterocycles. The minimum Gasteiger partial charge on any atom is -0.324 e. The highest BCUT2D eigenvalue weighted by molar-refractivity contribution is 6.32. The summed E-state index contributed by atoms with van der Waals surface area (Å²) in [5.41, 5.74) is -0.863. The predicted octanol–water partition coefficient (Wildman–Crippen LogP) is 3.98. The largest absolute Gasteiger partial charge is 0.436 e. The molecule has 1 fully saturated rings. The third-order valence-electron chi connectivity index (χ3n) is 3.82. The zero-order valence-corrected chi connectivity index (χ0v) is 13.8. The van der Waals surface area contributed by atoms with Gasteiger partial charge in [-0.3, -0.25) is 19.6 Å². The number of amides is 1. The van der Waals surface area contributed by atoms with Gasteiger partial charge in [0.2, 0.25) is 5.91 Å². The van der Waals surface area contributed by atoms with Crippen molar-refractivity contribution in [3.63, 3.8) is 0 Å². The number of carbonyl (C=O) groups is 1. The summed E-state index contributed by atoms with van der Waals surface area (Å²) in [7, 11) is 0. The van der Waals surface area contributed by atoms with Gasteiger partial charge in [-0.25, -0.2) is 0 Å². The van der Waals surface area contributed by atoms with Crippen LogP contribution in [0.15, 0.2) is 24.3 Å². The molecule has 0 atom stereocenters. The molecule has 11 heteroatoms. The Kier molecular flexibility index (Phi) is 4.61. The molecule has 1 saturated carbocycles. The van der Waals surface area contributed by atoms with E-state index in [9.17, 15) is 28.1 Å². The summed E-state index contributed by atoms with van der Waals surface area (Å²) in [6.45, 7) is -0.446. The molecular formula is C15H12ClF3N4O3. The van der Waals surface area contributed by atoms with Crippen LogP contribution in [0.25, 0.3) is 0 Å². The molecule has 0 aliphatic heterocycles. The van der Waals surface area contributed by atoms with Gasteiger partial charge in [0.25, 0.3) is 5.69 Å². The highest BCUT2D eigenvalue weighted by Crippen LogP contribution is 2.46. The number of nitrogens with one attached hydrogen (secondary N) is 1. The lowest BCUT2D eigenvalue weighted by Crippen LogP contribution is -2.21. The number of nitro benzene ring substituents is 1. The number of nitrogens with zero attached hydrogens (tertiary/aromatic N) is 3. The van der Waals surface area contributed by atoms with Gasteiger partial charge in [-0.15, -0.1) is 0 Å². The lowest BCUT2D eigenvalue weighted by molar-refractivity contribution is -0.384. The molecule has 0 spiro atoms. The zero-order chi connectivity index (χ0) is 19.1. The number of non-ortho nitro benzene ring substituents is 1. The maximum absolute atomic E-state index is 13.0. The van der Waals surface area contributed by atoms with Crippen LogP contribution in [0.3, 0.4) is 0 Å². The molecule has 1 aliphatic carbocycles. The Morgan fingerprint density at radius 1 is 1.35 bits per heavy atom. The molecule has 0 radical (unpaired) electrons. The van der Waals surface area contributed by atoms with E-state index in [1.165, 1.54) is 24.3 Å². The molecule has 1 aromatic heterocycles. The van der Waals surface area contributed by atoms with Crippen LogP contribution in [0.5, 0.6) is 0 Å². The Morgan fingerprint density at radius 3 is 2.46 bits per heavy atom. The summed E-state index contributed by atoms with van der Waals surface area (Å²) in [6, 6.07) is 5.07. The van der Waals surface area contributed by atoms with Crippen molar-refractivity contribution in [1.82, 2.24) is 9.78 Å². The number of alkyl halides is 3. The van der Waals surface area contributed by atoms with Crippen LogP contribution < -0.4 is 5.32 Å². The first kappa shape index (κ1) is 18.2. The van der Waals surface area contributed by atoms with Gasteiger partial charge >= 0.3 is 6.18 Å². The maximum atomic E-state index is 13.0. The van der Waals surface area contributed by atoms with Crippen molar-refractivity contribution >= 4 is 28.9 Å². The van der Waals surface area contributed by atoms with Crippen molar-refractivity contribution < 1.29 is 22.9 Å². The Balaban J connectivity index is 1.77. The number of halogens is 4. The summed E-state index contributed by atoms with van der Waals surface area (Å²) in [5.74, 6) is -0.757. The molecule has 138 valence electrons. The number of carbonyl (C=O) groups excluding carboxylic acids is 1. The molecule has 2 aromatic rings. The van der Waals surface area contributed by atoms with Crippen molar-refractivity contribution in [3.05, 3.63) is 50.8 Å². The van der Waals surface area contributed by atoms with Crippen LogP contribution in [-0.2, 0) is 17.5 Å². The van der Waals surface area contributed by atoms with Crippen molar-refractivity contribution in [3.8, 4) is 0 Å². The number of rotatable bonds is 5. The number of anilines is 1. The number of nitro groups is 1. The van der Waals surface area contributed by atoms with E-state index in [-0.39, 0.29) is 23.0 Å². The van der Waals surface area contributed by atoms with Crippen molar-refractivity contribution in [2.75, 3.05) is 5.32 Å². The SMILES string of the molecule is O=C(Cn1nc(C(F)(F)F)c(Cl)c1C1CC1)Nc1ccc([N+](=O)[O-])cc1. The second-order valence-electron chi connectivity index (χ2n) is 5.83. The van der Waals surface area contributed by atoms with Crippen LogP contribution in [0.2, 0.25) is 5.02 Å². The summed E-state index contributed by atoms with van der Waals surface area (Å²) in [6.07, 6.45) is -3.33. The van der Waals surface area contributed by atoms with Gasteiger partial charge in [0.15, 0.2) is 5.69 Å². The summed E-state index contributed by atoms with van der Waals surface area (Å²) >= 11 is 5.84. The minimum absolute atomic E-state index is 0.140. The molecule has 1 aliphatic rings. The lowest BCUT2D eigenvalue weighted by atomic mass is 10.2. The van der Waals surface area contributed by atoms with Crippen molar-refractivity contribution in [2.24, 2.45) is 0 Å². The molecule has 3 rings (SSSR count). The Bertz CT molecular complexity index is 860. The molecule has 1 amide bonds. The van der Waals surface area contributed by atoms with Crippen LogP contribution in [0, 0.1) is 10.1 Å². The highest BCUT2D eigenvalue weighted by Gasteiger charge is 2.42. The average Bonchev–Trinajstić information content (AvgIpc) is 3.31. The van der Waals surface area contributed by atoms with E-state index >= 15 is 0 Å².